The zero-order valence-electron chi connectivity index (χ0n) is 10.9. The molecule has 0 saturated carbocycles. The number of hydrogen-bond donors (Lipinski definition) is 1. The van der Waals surface area contributed by atoms with Crippen LogP contribution in [-0.4, -0.2) is 49.1 Å². The van der Waals surface area contributed by atoms with Crippen molar-refractivity contribution in [3.05, 3.63) is 29.8 Å². The highest BCUT2D eigenvalue weighted by molar-refractivity contribution is 5.93. The average Bonchev–Trinajstić information content (AvgIpc) is 2.29. The van der Waals surface area contributed by atoms with Crippen molar-refractivity contribution >= 4 is 17.6 Å². The molecule has 0 radical (unpaired) electrons. The highest BCUT2D eigenvalue weighted by Gasteiger charge is 2.12. The topological polar surface area (TPSA) is 60.9 Å². The summed E-state index contributed by atoms with van der Waals surface area (Å²) < 4.78 is 0. The lowest BCUT2D eigenvalue weighted by Gasteiger charge is -2.23. The average molecular weight is 250 g/mol. The fourth-order valence-electron chi connectivity index (χ4n) is 1.55. The molecule has 98 valence electrons. The summed E-state index contributed by atoms with van der Waals surface area (Å²) in [6.45, 7) is 2.83. The van der Waals surface area contributed by atoms with E-state index in [-0.39, 0.29) is 11.5 Å². The van der Waals surface area contributed by atoms with Crippen LogP contribution in [0.1, 0.15) is 17.3 Å². The number of likely N-dealkylation sites (N-methyl/N-ethyl adjacent to an activating group) is 1. The number of carboxylic acid groups (broad SMARTS) is 1. The van der Waals surface area contributed by atoms with Gasteiger partial charge in [0.25, 0.3) is 0 Å². The number of carbonyl (C=O) groups excluding carboxylic acids is 1. The molecule has 0 aromatic heterocycles. The zero-order chi connectivity index (χ0) is 13.7. The van der Waals surface area contributed by atoms with Crippen molar-refractivity contribution in [2.45, 2.75) is 6.92 Å². The van der Waals surface area contributed by atoms with E-state index in [1.54, 1.807) is 17.0 Å². The SMILES string of the molecule is CC(=O)N(CCN(C)C)c1ccc(C(=O)O)cc1. The molecule has 0 fully saturated rings. The Morgan fingerprint density at radius 1 is 1.11 bits per heavy atom. The van der Waals surface area contributed by atoms with Gasteiger partial charge in [-0.15, -0.1) is 0 Å². The Labute approximate surface area is 107 Å². The van der Waals surface area contributed by atoms with Gasteiger partial charge in [-0.1, -0.05) is 0 Å². The van der Waals surface area contributed by atoms with Crippen molar-refractivity contribution in [3.63, 3.8) is 0 Å². The second-order valence-corrected chi connectivity index (χ2v) is 4.33. The second-order valence-electron chi connectivity index (χ2n) is 4.33. The van der Waals surface area contributed by atoms with Crippen LogP contribution in [0.3, 0.4) is 0 Å². The van der Waals surface area contributed by atoms with E-state index in [1.165, 1.54) is 19.1 Å². The largest absolute Gasteiger partial charge is 0.478 e. The predicted octanol–water partition coefficient (Wildman–Crippen LogP) is 1.30. The number of hydrogen-bond acceptors (Lipinski definition) is 3. The molecule has 1 N–H and O–H groups in total. The molecule has 0 aliphatic heterocycles. The fraction of sp³-hybridized carbons (Fsp3) is 0.385. The summed E-state index contributed by atoms with van der Waals surface area (Å²) in [5, 5.41) is 8.81. The maximum atomic E-state index is 11.6. The zero-order valence-corrected chi connectivity index (χ0v) is 10.9. The normalized spacial score (nSPS) is 10.4. The van der Waals surface area contributed by atoms with E-state index in [0.29, 0.717) is 12.2 Å². The molecule has 0 saturated heterocycles. The Kier molecular flexibility index (Phi) is 4.85. The number of anilines is 1. The van der Waals surface area contributed by atoms with E-state index in [9.17, 15) is 9.59 Å². The molecule has 5 nitrogen and oxygen atoms in total. The molecule has 0 heterocycles. The van der Waals surface area contributed by atoms with Crippen LogP contribution in [0.4, 0.5) is 5.69 Å². The van der Waals surface area contributed by atoms with Gasteiger partial charge < -0.3 is 14.9 Å². The van der Waals surface area contributed by atoms with E-state index in [1.807, 2.05) is 19.0 Å². The lowest BCUT2D eigenvalue weighted by Crippen LogP contribution is -2.35. The molecule has 18 heavy (non-hydrogen) atoms. The Balaban J connectivity index is 2.85. The van der Waals surface area contributed by atoms with Gasteiger partial charge in [0.05, 0.1) is 5.56 Å². The third kappa shape index (κ3) is 3.85. The van der Waals surface area contributed by atoms with Gasteiger partial charge >= 0.3 is 5.97 Å². The highest BCUT2D eigenvalue weighted by Crippen LogP contribution is 2.15. The third-order valence-electron chi connectivity index (χ3n) is 2.58. The Hall–Kier alpha value is -1.88. The first-order valence-electron chi connectivity index (χ1n) is 5.68. The quantitative estimate of drug-likeness (QED) is 0.855. The van der Waals surface area contributed by atoms with Gasteiger partial charge in [-0.3, -0.25) is 4.79 Å². The molecule has 1 rings (SSSR count). The van der Waals surface area contributed by atoms with Crippen LogP contribution in [0.25, 0.3) is 0 Å². The van der Waals surface area contributed by atoms with Crippen molar-refractivity contribution in [1.29, 1.82) is 0 Å². The lowest BCUT2D eigenvalue weighted by atomic mass is 10.2. The number of rotatable bonds is 5. The van der Waals surface area contributed by atoms with E-state index in [2.05, 4.69) is 0 Å². The molecule has 0 atom stereocenters. The smallest absolute Gasteiger partial charge is 0.335 e. The van der Waals surface area contributed by atoms with Crippen LogP contribution in [0.2, 0.25) is 0 Å². The molecule has 0 spiro atoms. The fourth-order valence-corrected chi connectivity index (χ4v) is 1.55. The van der Waals surface area contributed by atoms with Gasteiger partial charge in [-0.2, -0.15) is 0 Å². The minimum Gasteiger partial charge on any atom is -0.478 e. The molecule has 0 aliphatic rings. The standard InChI is InChI=1S/C13H18N2O3/c1-10(16)15(9-8-14(2)3)12-6-4-11(5-7-12)13(17)18/h4-7H,8-9H2,1-3H3,(H,17,18). The van der Waals surface area contributed by atoms with E-state index >= 15 is 0 Å². The van der Waals surface area contributed by atoms with Crippen molar-refractivity contribution in [2.24, 2.45) is 0 Å². The van der Waals surface area contributed by atoms with Gasteiger partial charge in [0.1, 0.15) is 0 Å². The van der Waals surface area contributed by atoms with Crippen LogP contribution >= 0.6 is 0 Å². The molecule has 0 unspecified atom stereocenters. The monoisotopic (exact) mass is 250 g/mol. The highest BCUT2D eigenvalue weighted by atomic mass is 16.4. The summed E-state index contributed by atoms with van der Waals surface area (Å²) >= 11 is 0. The summed E-state index contributed by atoms with van der Waals surface area (Å²) in [5.74, 6) is -1.02. The van der Waals surface area contributed by atoms with Crippen molar-refractivity contribution in [1.82, 2.24) is 4.90 Å². The van der Waals surface area contributed by atoms with E-state index in [4.69, 9.17) is 5.11 Å². The van der Waals surface area contributed by atoms with Crippen LogP contribution in [0, 0.1) is 0 Å². The molecule has 5 heteroatoms. The van der Waals surface area contributed by atoms with Gasteiger partial charge in [0, 0.05) is 25.7 Å². The number of carboxylic acids is 1. The van der Waals surface area contributed by atoms with Crippen LogP contribution in [0.15, 0.2) is 24.3 Å². The lowest BCUT2D eigenvalue weighted by molar-refractivity contribution is -0.116. The number of aromatic carboxylic acids is 1. The molecule has 1 amide bonds. The van der Waals surface area contributed by atoms with Crippen LogP contribution < -0.4 is 4.90 Å². The van der Waals surface area contributed by atoms with Gasteiger partial charge in [-0.25, -0.2) is 4.79 Å². The number of nitrogens with zero attached hydrogens (tertiary/aromatic N) is 2. The maximum absolute atomic E-state index is 11.6. The Morgan fingerprint density at radius 2 is 1.67 bits per heavy atom. The van der Waals surface area contributed by atoms with Gasteiger partial charge in [0.2, 0.25) is 5.91 Å². The van der Waals surface area contributed by atoms with Crippen molar-refractivity contribution in [2.75, 3.05) is 32.1 Å². The number of carbonyl (C=O) groups is 2. The number of benzene rings is 1. The Morgan fingerprint density at radius 3 is 2.06 bits per heavy atom. The molecule has 1 aromatic carbocycles. The second kappa shape index (κ2) is 6.16. The van der Waals surface area contributed by atoms with Crippen LogP contribution in [0.5, 0.6) is 0 Å². The van der Waals surface area contributed by atoms with Crippen molar-refractivity contribution < 1.29 is 14.7 Å². The minimum absolute atomic E-state index is 0.0556. The van der Waals surface area contributed by atoms with E-state index < -0.39 is 5.97 Å². The first kappa shape index (κ1) is 14.2. The van der Waals surface area contributed by atoms with Gasteiger partial charge in [-0.05, 0) is 38.4 Å². The first-order chi connectivity index (χ1) is 8.41. The summed E-state index contributed by atoms with van der Waals surface area (Å²) in [6.07, 6.45) is 0. The molecular formula is C13H18N2O3. The molecule has 0 bridgehead atoms. The Bertz CT molecular complexity index is 426. The van der Waals surface area contributed by atoms with Crippen molar-refractivity contribution in [3.8, 4) is 0 Å². The minimum atomic E-state index is -0.968. The molecular weight excluding hydrogens is 232 g/mol. The molecule has 1 aromatic rings. The van der Waals surface area contributed by atoms with E-state index in [0.717, 1.165) is 6.54 Å². The predicted molar refractivity (Wildman–Crippen MR) is 70.0 cm³/mol. The third-order valence-corrected chi connectivity index (χ3v) is 2.58. The summed E-state index contributed by atoms with van der Waals surface area (Å²) in [5.41, 5.74) is 0.934. The first-order valence-corrected chi connectivity index (χ1v) is 5.68. The summed E-state index contributed by atoms with van der Waals surface area (Å²) in [6, 6.07) is 6.31. The van der Waals surface area contributed by atoms with Crippen LogP contribution in [-0.2, 0) is 4.79 Å². The maximum Gasteiger partial charge on any atom is 0.335 e. The summed E-state index contributed by atoms with van der Waals surface area (Å²) in [7, 11) is 3.87. The summed E-state index contributed by atoms with van der Waals surface area (Å²) in [4.78, 5) is 25.9. The number of amides is 1. The molecule has 0 aliphatic carbocycles. The van der Waals surface area contributed by atoms with Gasteiger partial charge in [0.15, 0.2) is 0 Å².